The first-order valence-electron chi connectivity index (χ1n) is 2.73. The molecule has 7 heteroatoms. The van der Waals surface area contributed by atoms with Crippen molar-refractivity contribution in [2.45, 2.75) is 20.8 Å². The predicted octanol–water partition coefficient (Wildman–Crippen LogP) is -0.124. The van der Waals surface area contributed by atoms with Crippen LogP contribution in [0.3, 0.4) is 0 Å². The quantitative estimate of drug-likeness (QED) is 0.405. The lowest BCUT2D eigenvalue weighted by molar-refractivity contribution is -0.134. The van der Waals surface area contributed by atoms with Gasteiger partial charge in [-0.2, -0.15) is 0 Å². The molecule has 0 aliphatic rings. The first-order chi connectivity index (χ1) is 5.20. The summed E-state index contributed by atoms with van der Waals surface area (Å²) in [7, 11) is -2.62. The third kappa shape index (κ3) is 2230. The predicted molar refractivity (Wildman–Crippen MR) is 43.2 cm³/mol. The Morgan fingerprint density at radius 1 is 1.00 bits per heavy atom. The zero-order valence-corrected chi connectivity index (χ0v) is 7.95. The number of carboxylic acid groups (broad SMARTS) is 1. The molecule has 12 heavy (non-hydrogen) atoms. The van der Waals surface area contributed by atoms with E-state index in [0.29, 0.717) is 0 Å². The molecule has 0 aromatic rings. The van der Waals surface area contributed by atoms with Gasteiger partial charge in [0.2, 0.25) is 0 Å². The molecule has 74 valence electrons. The minimum atomic E-state index is -2.62. The summed E-state index contributed by atoms with van der Waals surface area (Å²) < 4.78 is 0. The summed E-state index contributed by atoms with van der Waals surface area (Å²) in [4.78, 5) is 40.1. The molecular weight excluding hydrogens is 187 g/mol. The minimum absolute atomic E-state index is 0.167. The molecule has 0 aliphatic heterocycles. The number of hydrogen-bond donors (Lipinski definition) is 4. The van der Waals surface area contributed by atoms with Crippen LogP contribution in [0.4, 0.5) is 0 Å². The Morgan fingerprint density at radius 2 is 1.00 bits per heavy atom. The van der Waals surface area contributed by atoms with Crippen molar-refractivity contribution in [3.8, 4) is 0 Å². The molecule has 0 fully saturated rings. The second-order valence-electron chi connectivity index (χ2n) is 1.70. The van der Waals surface area contributed by atoms with Gasteiger partial charge in [-0.05, 0) is 13.8 Å². The average Bonchev–Trinajstić information content (AvgIpc) is 1.54. The van der Waals surface area contributed by atoms with Crippen molar-refractivity contribution in [3.05, 3.63) is 0 Å². The lowest BCUT2D eigenvalue weighted by atomic mass is 10.6. The summed E-state index contributed by atoms with van der Waals surface area (Å²) >= 11 is 0. The number of carboxylic acids is 1. The van der Waals surface area contributed by atoms with Gasteiger partial charge in [0.25, 0.3) is 5.97 Å². The fraction of sp³-hybridized carbons (Fsp3) is 0.600. The molecule has 0 amide bonds. The van der Waals surface area contributed by atoms with E-state index >= 15 is 0 Å². The van der Waals surface area contributed by atoms with E-state index < -0.39 is 14.6 Å². The van der Waals surface area contributed by atoms with Crippen molar-refractivity contribution in [1.29, 1.82) is 0 Å². The average molecular weight is 200 g/mol. The molecule has 0 aromatic heterocycles. The Bertz CT molecular complexity index is 100. The SMILES string of the molecule is CC(=O)O.CC(C)=O.OP(O)O. The van der Waals surface area contributed by atoms with Gasteiger partial charge in [-0.1, -0.05) is 0 Å². The van der Waals surface area contributed by atoms with Gasteiger partial charge in [-0.3, -0.25) is 4.79 Å². The standard InChI is InChI=1S/C3H6O.C2H4O2.H3O3P/c1-3(2)4;1-2(3)4;1-4(2)3/h1-2H3;1H3,(H,3,4);1-3H. The Labute approximate surface area is 71.5 Å². The maximum Gasteiger partial charge on any atom is 0.324 e. The van der Waals surface area contributed by atoms with Gasteiger partial charge in [-0.25, -0.2) is 0 Å². The van der Waals surface area contributed by atoms with Gasteiger partial charge >= 0.3 is 8.60 Å². The van der Waals surface area contributed by atoms with Crippen LogP contribution >= 0.6 is 8.60 Å². The number of aliphatic carboxylic acids is 1. The highest BCUT2D eigenvalue weighted by Gasteiger charge is 1.76. The summed E-state index contributed by atoms with van der Waals surface area (Å²) in [5, 5.41) is 7.42. The van der Waals surface area contributed by atoms with E-state index in [1.54, 1.807) is 0 Å². The van der Waals surface area contributed by atoms with Crippen molar-refractivity contribution >= 4 is 20.4 Å². The third-order valence-corrected chi connectivity index (χ3v) is 0. The van der Waals surface area contributed by atoms with Gasteiger partial charge in [0.05, 0.1) is 0 Å². The van der Waals surface area contributed by atoms with Gasteiger partial charge in [0.15, 0.2) is 0 Å². The monoisotopic (exact) mass is 200 g/mol. The fourth-order valence-corrected chi connectivity index (χ4v) is 0. The molecule has 0 bridgehead atoms. The van der Waals surface area contributed by atoms with Crippen LogP contribution < -0.4 is 0 Å². The van der Waals surface area contributed by atoms with Crippen LogP contribution in [-0.4, -0.2) is 31.5 Å². The minimum Gasteiger partial charge on any atom is -0.481 e. The van der Waals surface area contributed by atoms with E-state index in [2.05, 4.69) is 0 Å². The zero-order chi connectivity index (χ0) is 10.7. The molecule has 0 saturated carbocycles. The van der Waals surface area contributed by atoms with E-state index in [4.69, 9.17) is 24.6 Å². The van der Waals surface area contributed by atoms with Crippen molar-refractivity contribution in [2.75, 3.05) is 0 Å². The lowest BCUT2D eigenvalue weighted by Crippen LogP contribution is -1.78. The summed E-state index contributed by atoms with van der Waals surface area (Å²) in [5.74, 6) is -0.667. The first kappa shape index (κ1) is 17.5. The smallest absolute Gasteiger partial charge is 0.324 e. The van der Waals surface area contributed by atoms with Crippen molar-refractivity contribution in [3.63, 3.8) is 0 Å². The largest absolute Gasteiger partial charge is 0.481 e. The molecule has 0 heterocycles. The van der Waals surface area contributed by atoms with E-state index in [9.17, 15) is 4.79 Å². The zero-order valence-electron chi connectivity index (χ0n) is 7.05. The van der Waals surface area contributed by atoms with E-state index in [-0.39, 0.29) is 5.78 Å². The summed E-state index contributed by atoms with van der Waals surface area (Å²) in [6.07, 6.45) is 0. The highest BCUT2D eigenvalue weighted by atomic mass is 31.2. The fourth-order valence-electron chi connectivity index (χ4n) is 0. The summed E-state index contributed by atoms with van der Waals surface area (Å²) in [5.41, 5.74) is 0. The van der Waals surface area contributed by atoms with Crippen molar-refractivity contribution < 1.29 is 29.4 Å². The maximum atomic E-state index is 9.44. The second-order valence-corrected chi connectivity index (χ2v) is 2.23. The van der Waals surface area contributed by atoms with Crippen molar-refractivity contribution in [2.24, 2.45) is 0 Å². The topological polar surface area (TPSA) is 115 Å². The Kier molecular flexibility index (Phi) is 19.1. The maximum absolute atomic E-state index is 9.44. The van der Waals surface area contributed by atoms with E-state index in [1.165, 1.54) is 13.8 Å². The van der Waals surface area contributed by atoms with Crippen LogP contribution in [0.2, 0.25) is 0 Å². The highest BCUT2D eigenvalue weighted by molar-refractivity contribution is 7.38. The molecule has 0 saturated heterocycles. The van der Waals surface area contributed by atoms with Crippen LogP contribution in [0, 0.1) is 0 Å². The Balaban J connectivity index is -0.000000101. The van der Waals surface area contributed by atoms with Gasteiger partial charge < -0.3 is 24.6 Å². The number of carbonyl (C=O) groups is 2. The van der Waals surface area contributed by atoms with Crippen LogP contribution in [0.25, 0.3) is 0 Å². The van der Waals surface area contributed by atoms with Gasteiger partial charge in [-0.15, -0.1) is 0 Å². The molecule has 0 aliphatic carbocycles. The van der Waals surface area contributed by atoms with Crippen LogP contribution in [0.15, 0.2) is 0 Å². The number of ketones is 1. The summed E-state index contributed by atoms with van der Waals surface area (Å²) in [6, 6.07) is 0. The molecule has 0 radical (unpaired) electrons. The number of carbonyl (C=O) groups excluding carboxylic acids is 1. The first-order valence-corrected chi connectivity index (χ1v) is 3.93. The molecule has 0 aromatic carbocycles. The van der Waals surface area contributed by atoms with Crippen LogP contribution in [0.1, 0.15) is 20.8 Å². The normalized spacial score (nSPS) is 7.25. The summed E-state index contributed by atoms with van der Waals surface area (Å²) in [6.45, 7) is 4.14. The Hall–Kier alpha value is -0.550. The number of Topliss-reactive ketones (excluding diaryl/α,β-unsaturated/α-hetero) is 1. The number of hydrogen-bond acceptors (Lipinski definition) is 5. The van der Waals surface area contributed by atoms with Gasteiger partial charge in [0.1, 0.15) is 5.78 Å². The molecule has 4 N–H and O–H groups in total. The molecule has 0 unspecified atom stereocenters. The lowest BCUT2D eigenvalue weighted by Gasteiger charge is -1.76. The van der Waals surface area contributed by atoms with Gasteiger partial charge in [0, 0.05) is 6.92 Å². The third-order valence-electron chi connectivity index (χ3n) is 0. The number of rotatable bonds is 0. The van der Waals surface area contributed by atoms with Crippen molar-refractivity contribution in [1.82, 2.24) is 0 Å². The van der Waals surface area contributed by atoms with E-state index in [0.717, 1.165) is 6.92 Å². The second kappa shape index (κ2) is 13.1. The van der Waals surface area contributed by atoms with E-state index in [1.807, 2.05) is 0 Å². The van der Waals surface area contributed by atoms with Crippen LogP contribution in [0.5, 0.6) is 0 Å². The Morgan fingerprint density at radius 3 is 1.00 bits per heavy atom. The molecule has 6 nitrogen and oxygen atoms in total. The highest BCUT2D eigenvalue weighted by Crippen LogP contribution is 2.11. The molecule has 0 atom stereocenters. The molecule has 0 rings (SSSR count). The molecule has 0 spiro atoms. The van der Waals surface area contributed by atoms with Crippen LogP contribution in [-0.2, 0) is 9.59 Å². The molecular formula is C5H13O6P.